The molecular formula is C12H3F5NO5S-. The molecule has 12 heteroatoms. The first-order valence-electron chi connectivity index (χ1n) is 5.73. The third-order valence-corrected chi connectivity index (χ3v) is 3.81. The van der Waals surface area contributed by atoms with Crippen LogP contribution in [0.3, 0.4) is 0 Å². The summed E-state index contributed by atoms with van der Waals surface area (Å²) < 4.78 is 101. The predicted octanol–water partition coefficient (Wildman–Crippen LogP) is 2.86. The molecular weight excluding hydrogens is 365 g/mol. The molecule has 0 bridgehead atoms. The number of benzene rings is 2. The number of rotatable bonds is 3. The zero-order valence-electron chi connectivity index (χ0n) is 11.0. The zero-order chi connectivity index (χ0) is 18.4. The fourth-order valence-corrected chi connectivity index (χ4v) is 2.66. The summed E-state index contributed by atoms with van der Waals surface area (Å²) in [7, 11) is -5.53. The van der Waals surface area contributed by atoms with Gasteiger partial charge in [0.15, 0.2) is 23.3 Å². The zero-order valence-corrected chi connectivity index (χ0v) is 11.8. The van der Waals surface area contributed by atoms with Gasteiger partial charge < -0.3 is 4.55 Å². The molecule has 0 unspecified atom stereocenters. The lowest BCUT2D eigenvalue weighted by Gasteiger charge is -2.15. The second-order valence-corrected chi connectivity index (χ2v) is 5.65. The van der Waals surface area contributed by atoms with Crippen LogP contribution in [0.2, 0.25) is 0 Å². The van der Waals surface area contributed by atoms with E-state index in [0.717, 1.165) is 0 Å². The molecule has 0 saturated heterocycles. The first kappa shape index (κ1) is 17.7. The third-order valence-electron chi connectivity index (χ3n) is 2.93. The topological polar surface area (TPSA) is 100 Å². The maximum absolute atomic E-state index is 13.9. The molecule has 128 valence electrons. The summed E-state index contributed by atoms with van der Waals surface area (Å²) in [5.74, 6) is -12.5. The average Bonchev–Trinajstić information content (AvgIpc) is 2.50. The van der Waals surface area contributed by atoms with Gasteiger partial charge in [0.25, 0.3) is 5.69 Å². The minimum Gasteiger partial charge on any atom is -0.744 e. The van der Waals surface area contributed by atoms with Crippen molar-refractivity contribution in [3.05, 3.63) is 57.4 Å². The molecule has 0 aliphatic rings. The molecule has 2 rings (SSSR count). The summed E-state index contributed by atoms with van der Waals surface area (Å²) >= 11 is 0. The summed E-state index contributed by atoms with van der Waals surface area (Å²) in [4.78, 5) is 8.10. The van der Waals surface area contributed by atoms with E-state index >= 15 is 0 Å². The lowest BCUT2D eigenvalue weighted by atomic mass is 10.0. The van der Waals surface area contributed by atoms with Crippen molar-refractivity contribution in [2.24, 2.45) is 0 Å². The normalized spacial score (nSPS) is 11.6. The highest BCUT2D eigenvalue weighted by Crippen LogP contribution is 2.40. The molecule has 0 amide bonds. The Hall–Kier alpha value is -2.60. The van der Waals surface area contributed by atoms with Gasteiger partial charge >= 0.3 is 0 Å². The fraction of sp³-hybridized carbons (Fsp3) is 0. The van der Waals surface area contributed by atoms with Crippen molar-refractivity contribution < 1.29 is 39.8 Å². The van der Waals surface area contributed by atoms with E-state index in [0.29, 0.717) is 18.2 Å². The molecule has 0 saturated carbocycles. The summed E-state index contributed by atoms with van der Waals surface area (Å²) in [6, 6.07) is 1.70. The first-order valence-corrected chi connectivity index (χ1v) is 7.14. The highest BCUT2D eigenvalue weighted by atomic mass is 32.2. The maximum atomic E-state index is 13.9. The van der Waals surface area contributed by atoms with Crippen LogP contribution in [-0.2, 0) is 10.1 Å². The van der Waals surface area contributed by atoms with Crippen LogP contribution in [0.25, 0.3) is 11.1 Å². The van der Waals surface area contributed by atoms with Gasteiger partial charge in [-0.3, -0.25) is 10.1 Å². The molecule has 0 heterocycles. The van der Waals surface area contributed by atoms with Gasteiger partial charge in [-0.15, -0.1) is 0 Å². The quantitative estimate of drug-likeness (QED) is 0.207. The van der Waals surface area contributed by atoms with Gasteiger partial charge in [-0.2, -0.15) is 0 Å². The van der Waals surface area contributed by atoms with Crippen LogP contribution in [0, 0.1) is 39.2 Å². The van der Waals surface area contributed by atoms with Gasteiger partial charge in [0, 0.05) is 6.07 Å². The monoisotopic (exact) mass is 368 g/mol. The molecule has 0 radical (unpaired) electrons. The molecule has 2 aromatic rings. The van der Waals surface area contributed by atoms with E-state index in [2.05, 4.69) is 0 Å². The van der Waals surface area contributed by atoms with Crippen molar-refractivity contribution in [3.8, 4) is 11.1 Å². The summed E-state index contributed by atoms with van der Waals surface area (Å²) in [5.41, 5.74) is -4.73. The van der Waals surface area contributed by atoms with Crippen LogP contribution in [0.15, 0.2) is 23.1 Å². The molecule has 24 heavy (non-hydrogen) atoms. The van der Waals surface area contributed by atoms with E-state index in [9.17, 15) is 45.0 Å². The summed E-state index contributed by atoms with van der Waals surface area (Å²) in [5, 5.41) is 10.9. The number of halogens is 5. The van der Waals surface area contributed by atoms with E-state index in [1.807, 2.05) is 0 Å². The van der Waals surface area contributed by atoms with Crippen LogP contribution < -0.4 is 0 Å². The Morgan fingerprint density at radius 2 is 1.29 bits per heavy atom. The second-order valence-electron chi connectivity index (χ2n) is 4.31. The van der Waals surface area contributed by atoms with Crippen molar-refractivity contribution >= 4 is 15.8 Å². The fourth-order valence-electron chi connectivity index (χ4n) is 1.96. The van der Waals surface area contributed by atoms with Gasteiger partial charge in [0.05, 0.1) is 20.9 Å². The second kappa shape index (κ2) is 5.79. The molecule has 2 aromatic carbocycles. The van der Waals surface area contributed by atoms with E-state index in [4.69, 9.17) is 0 Å². The molecule has 0 aromatic heterocycles. The van der Waals surface area contributed by atoms with E-state index < -0.39 is 65.8 Å². The lowest BCUT2D eigenvalue weighted by Crippen LogP contribution is -2.09. The van der Waals surface area contributed by atoms with Crippen molar-refractivity contribution in [2.75, 3.05) is 0 Å². The number of nitro benzene ring substituents is 1. The Kier molecular flexibility index (Phi) is 4.29. The largest absolute Gasteiger partial charge is 0.744 e. The molecule has 0 aliphatic carbocycles. The van der Waals surface area contributed by atoms with Gasteiger partial charge in [0.1, 0.15) is 10.1 Å². The number of nitro groups is 1. The molecule has 0 atom stereocenters. The SMILES string of the molecule is O=[N+]([O-])c1cccc(S(=O)(=O)[O-])c1-c1c(F)c(F)c(F)c(F)c1F. The Bertz CT molecular complexity index is 947. The first-order chi connectivity index (χ1) is 11.0. The summed E-state index contributed by atoms with van der Waals surface area (Å²) in [6.07, 6.45) is 0. The maximum Gasteiger partial charge on any atom is 0.278 e. The Labute approximate surface area is 130 Å². The third kappa shape index (κ3) is 2.69. The molecule has 6 nitrogen and oxygen atoms in total. The molecule has 0 aliphatic heterocycles. The smallest absolute Gasteiger partial charge is 0.278 e. The van der Waals surface area contributed by atoms with Crippen LogP contribution in [0.5, 0.6) is 0 Å². The van der Waals surface area contributed by atoms with Crippen molar-refractivity contribution in [1.29, 1.82) is 0 Å². The van der Waals surface area contributed by atoms with Gasteiger partial charge in [0.2, 0.25) is 5.82 Å². The van der Waals surface area contributed by atoms with E-state index in [1.165, 1.54) is 0 Å². The van der Waals surface area contributed by atoms with Gasteiger partial charge in [-0.25, -0.2) is 30.4 Å². The number of hydrogen-bond donors (Lipinski definition) is 0. The Morgan fingerprint density at radius 1 is 0.833 bits per heavy atom. The standard InChI is InChI=1S/C12H4F5NO5S/c13-8-7(9(14)11(16)12(17)10(8)15)6-4(18(19)20)2-1-3-5(6)24(21,22)23/h1-3H,(H,21,22,23)/p-1. The number of hydrogen-bond acceptors (Lipinski definition) is 5. The predicted molar refractivity (Wildman–Crippen MR) is 66.3 cm³/mol. The Balaban J connectivity index is 3.11. The van der Waals surface area contributed by atoms with E-state index in [1.54, 1.807) is 0 Å². The van der Waals surface area contributed by atoms with Crippen molar-refractivity contribution in [3.63, 3.8) is 0 Å². The van der Waals surface area contributed by atoms with Crippen LogP contribution >= 0.6 is 0 Å². The van der Waals surface area contributed by atoms with Crippen LogP contribution in [-0.4, -0.2) is 17.9 Å². The highest BCUT2D eigenvalue weighted by Gasteiger charge is 2.33. The van der Waals surface area contributed by atoms with Crippen molar-refractivity contribution in [2.45, 2.75) is 4.90 Å². The minimum absolute atomic E-state index is 0.447. The highest BCUT2D eigenvalue weighted by molar-refractivity contribution is 7.85. The van der Waals surface area contributed by atoms with Crippen LogP contribution in [0.1, 0.15) is 0 Å². The lowest BCUT2D eigenvalue weighted by molar-refractivity contribution is -0.384. The summed E-state index contributed by atoms with van der Waals surface area (Å²) in [6.45, 7) is 0. The molecule has 0 fully saturated rings. The minimum atomic E-state index is -5.53. The Morgan fingerprint density at radius 3 is 1.71 bits per heavy atom. The van der Waals surface area contributed by atoms with Gasteiger partial charge in [-0.1, -0.05) is 6.07 Å². The van der Waals surface area contributed by atoms with Gasteiger partial charge in [-0.05, 0) is 6.07 Å². The average molecular weight is 368 g/mol. The van der Waals surface area contributed by atoms with E-state index in [-0.39, 0.29) is 0 Å². The van der Waals surface area contributed by atoms with Crippen LogP contribution in [0.4, 0.5) is 27.6 Å². The molecule has 0 N–H and O–H groups in total. The molecule has 0 spiro atoms. The van der Waals surface area contributed by atoms with Crippen molar-refractivity contribution in [1.82, 2.24) is 0 Å². The number of nitrogens with zero attached hydrogens (tertiary/aromatic N) is 1.